The third-order valence-electron chi connectivity index (χ3n) is 6.35. The Morgan fingerprint density at radius 2 is 2.00 bits per heavy atom. The number of likely N-dealkylation sites (tertiary alicyclic amines) is 1. The molecule has 2 aromatic carbocycles. The number of hydrogen-bond acceptors (Lipinski definition) is 6. The van der Waals surface area contributed by atoms with Crippen LogP contribution in [0.3, 0.4) is 0 Å². The van der Waals surface area contributed by atoms with Gasteiger partial charge in [0.2, 0.25) is 12.7 Å². The van der Waals surface area contributed by atoms with Gasteiger partial charge < -0.3 is 14.4 Å². The van der Waals surface area contributed by atoms with Crippen LogP contribution in [0, 0.1) is 0 Å². The summed E-state index contributed by atoms with van der Waals surface area (Å²) < 4.78 is 12.6. The lowest BCUT2D eigenvalue weighted by molar-refractivity contribution is -0.132. The molecule has 1 amide bonds. The highest BCUT2D eigenvalue weighted by Gasteiger charge is 2.26. The number of piperidine rings is 1. The second-order valence-corrected chi connectivity index (χ2v) is 9.37. The number of para-hydroxylation sites is 1. The van der Waals surface area contributed by atoms with Gasteiger partial charge in [0.05, 0.1) is 23.2 Å². The molecule has 33 heavy (non-hydrogen) atoms. The van der Waals surface area contributed by atoms with Gasteiger partial charge in [-0.15, -0.1) is 0 Å². The zero-order valence-corrected chi connectivity index (χ0v) is 19.5. The van der Waals surface area contributed by atoms with E-state index in [1.165, 1.54) is 18.2 Å². The molecule has 2 aliphatic heterocycles. The third kappa shape index (κ3) is 4.44. The molecular formula is C25H27N3O4S. The monoisotopic (exact) mass is 465 g/mol. The number of fused-ring (bicyclic) bond motifs is 2. The number of amides is 1. The fraction of sp³-hybridized carbons (Fsp3) is 0.400. The summed E-state index contributed by atoms with van der Waals surface area (Å²) in [5.41, 5.74) is 1.44. The van der Waals surface area contributed by atoms with Gasteiger partial charge in [-0.05, 0) is 55.5 Å². The van der Waals surface area contributed by atoms with Gasteiger partial charge in [-0.25, -0.2) is 4.98 Å². The Hall–Kier alpha value is -3.00. The van der Waals surface area contributed by atoms with E-state index in [1.54, 1.807) is 10.6 Å². The van der Waals surface area contributed by atoms with Crippen molar-refractivity contribution < 1.29 is 14.3 Å². The number of nitrogens with zero attached hydrogens (tertiary/aromatic N) is 3. The number of carbonyl (C=O) groups excluding carboxylic acids is 1. The first-order valence-corrected chi connectivity index (χ1v) is 12.4. The number of benzene rings is 2. The molecule has 2 aliphatic rings. The molecule has 1 atom stereocenters. The molecular weight excluding hydrogens is 438 g/mol. The predicted octanol–water partition coefficient (Wildman–Crippen LogP) is 4.06. The van der Waals surface area contributed by atoms with E-state index in [1.807, 2.05) is 41.3 Å². The first kappa shape index (κ1) is 21.8. The zero-order chi connectivity index (χ0) is 22.8. The molecule has 3 heterocycles. The van der Waals surface area contributed by atoms with Crippen molar-refractivity contribution in [3.8, 4) is 11.5 Å². The van der Waals surface area contributed by atoms with Crippen molar-refractivity contribution in [2.45, 2.75) is 50.4 Å². The second-order valence-electron chi connectivity index (χ2n) is 8.42. The van der Waals surface area contributed by atoms with Crippen LogP contribution in [0.4, 0.5) is 0 Å². The summed E-state index contributed by atoms with van der Waals surface area (Å²) in [6, 6.07) is 13.3. The average Bonchev–Trinajstić information content (AvgIpc) is 3.32. The van der Waals surface area contributed by atoms with E-state index in [0.717, 1.165) is 31.4 Å². The fourth-order valence-corrected chi connectivity index (χ4v) is 5.47. The van der Waals surface area contributed by atoms with E-state index in [0.29, 0.717) is 40.1 Å². The van der Waals surface area contributed by atoms with Gasteiger partial charge in [0, 0.05) is 12.6 Å². The van der Waals surface area contributed by atoms with Crippen LogP contribution in [-0.4, -0.2) is 45.5 Å². The van der Waals surface area contributed by atoms with Gasteiger partial charge >= 0.3 is 0 Å². The Bertz CT molecular complexity index is 1240. The van der Waals surface area contributed by atoms with Crippen molar-refractivity contribution in [3.05, 3.63) is 58.4 Å². The van der Waals surface area contributed by atoms with Crippen LogP contribution < -0.4 is 15.0 Å². The Labute approximate surface area is 196 Å². The Morgan fingerprint density at radius 1 is 1.15 bits per heavy atom. The largest absolute Gasteiger partial charge is 0.454 e. The molecule has 7 nitrogen and oxygen atoms in total. The molecule has 0 aliphatic carbocycles. The summed E-state index contributed by atoms with van der Waals surface area (Å²) in [4.78, 5) is 33.2. The summed E-state index contributed by atoms with van der Waals surface area (Å²) in [7, 11) is 0. The van der Waals surface area contributed by atoms with Crippen LogP contribution in [0.1, 0.15) is 38.2 Å². The number of carbonyl (C=O) groups is 1. The average molecular weight is 466 g/mol. The Balaban J connectivity index is 1.44. The number of ether oxygens (including phenoxy) is 2. The van der Waals surface area contributed by atoms with Gasteiger partial charge in [0.15, 0.2) is 16.7 Å². The number of aromatic nitrogens is 2. The molecule has 1 fully saturated rings. The molecule has 1 aromatic heterocycles. The van der Waals surface area contributed by atoms with Gasteiger partial charge in [-0.2, -0.15) is 0 Å². The summed E-state index contributed by atoms with van der Waals surface area (Å²) >= 11 is 1.34. The van der Waals surface area contributed by atoms with E-state index >= 15 is 0 Å². The number of hydrogen-bond donors (Lipinski definition) is 0. The minimum Gasteiger partial charge on any atom is -0.454 e. The molecule has 0 spiro atoms. The summed E-state index contributed by atoms with van der Waals surface area (Å²) in [5.74, 6) is 1.76. The standard InChI is InChI=1S/C25H27N3O4S/c1-2-18-7-5-6-12-27(18)23(29)15-33-25-26-20-9-4-3-8-19(20)24(30)28(25)14-17-10-11-21-22(13-17)32-16-31-21/h3-4,8-11,13,18H,2,5-7,12,14-16H2,1H3. The van der Waals surface area contributed by atoms with Crippen LogP contribution in [-0.2, 0) is 11.3 Å². The second kappa shape index (κ2) is 9.47. The van der Waals surface area contributed by atoms with Crippen molar-refractivity contribution in [2.75, 3.05) is 19.1 Å². The van der Waals surface area contributed by atoms with Crippen LogP contribution >= 0.6 is 11.8 Å². The van der Waals surface area contributed by atoms with E-state index in [2.05, 4.69) is 6.92 Å². The lowest BCUT2D eigenvalue weighted by Gasteiger charge is -2.35. The van der Waals surface area contributed by atoms with Crippen molar-refractivity contribution in [1.29, 1.82) is 0 Å². The van der Waals surface area contributed by atoms with E-state index in [9.17, 15) is 9.59 Å². The molecule has 1 saturated heterocycles. The first-order valence-electron chi connectivity index (χ1n) is 11.4. The molecule has 8 heteroatoms. The molecule has 1 unspecified atom stereocenters. The normalized spacial score (nSPS) is 17.5. The summed E-state index contributed by atoms with van der Waals surface area (Å²) in [6.45, 7) is 3.49. The maximum atomic E-state index is 13.4. The highest BCUT2D eigenvalue weighted by molar-refractivity contribution is 7.99. The Morgan fingerprint density at radius 3 is 2.88 bits per heavy atom. The van der Waals surface area contributed by atoms with Gasteiger partial charge in [-0.1, -0.05) is 36.9 Å². The minimum absolute atomic E-state index is 0.113. The smallest absolute Gasteiger partial charge is 0.262 e. The molecule has 0 bridgehead atoms. The quantitative estimate of drug-likeness (QED) is 0.404. The maximum Gasteiger partial charge on any atom is 0.262 e. The first-order chi connectivity index (χ1) is 16.1. The fourth-order valence-electron chi connectivity index (χ4n) is 4.58. The Kier molecular flexibility index (Phi) is 6.26. The topological polar surface area (TPSA) is 73.7 Å². The third-order valence-corrected chi connectivity index (χ3v) is 7.31. The van der Waals surface area contributed by atoms with E-state index < -0.39 is 0 Å². The molecule has 0 radical (unpaired) electrons. The van der Waals surface area contributed by atoms with Crippen molar-refractivity contribution in [1.82, 2.24) is 14.5 Å². The zero-order valence-electron chi connectivity index (χ0n) is 18.7. The highest BCUT2D eigenvalue weighted by atomic mass is 32.2. The van der Waals surface area contributed by atoms with Crippen LogP contribution in [0.15, 0.2) is 52.4 Å². The maximum absolute atomic E-state index is 13.4. The van der Waals surface area contributed by atoms with Crippen molar-refractivity contribution in [2.24, 2.45) is 0 Å². The highest BCUT2D eigenvalue weighted by Crippen LogP contribution is 2.33. The van der Waals surface area contributed by atoms with E-state index in [-0.39, 0.29) is 24.0 Å². The number of thioether (sulfide) groups is 1. The summed E-state index contributed by atoms with van der Waals surface area (Å²) in [5, 5.41) is 1.12. The lowest BCUT2D eigenvalue weighted by Crippen LogP contribution is -2.44. The number of rotatable bonds is 6. The lowest BCUT2D eigenvalue weighted by atomic mass is 10.0. The molecule has 3 aromatic rings. The van der Waals surface area contributed by atoms with Crippen LogP contribution in [0.2, 0.25) is 0 Å². The predicted molar refractivity (Wildman–Crippen MR) is 128 cm³/mol. The van der Waals surface area contributed by atoms with Gasteiger partial charge in [-0.3, -0.25) is 14.2 Å². The minimum atomic E-state index is -0.113. The van der Waals surface area contributed by atoms with Crippen molar-refractivity contribution in [3.63, 3.8) is 0 Å². The summed E-state index contributed by atoms with van der Waals surface area (Å²) in [6.07, 6.45) is 4.27. The van der Waals surface area contributed by atoms with Crippen molar-refractivity contribution >= 4 is 28.6 Å². The van der Waals surface area contributed by atoms with Gasteiger partial charge in [0.25, 0.3) is 5.56 Å². The van der Waals surface area contributed by atoms with Crippen LogP contribution in [0.25, 0.3) is 10.9 Å². The van der Waals surface area contributed by atoms with Gasteiger partial charge in [0.1, 0.15) is 0 Å². The molecule has 172 valence electrons. The molecule has 5 rings (SSSR count). The molecule has 0 saturated carbocycles. The SMILES string of the molecule is CCC1CCCCN1C(=O)CSc1nc2ccccc2c(=O)n1Cc1ccc2c(c1)OCO2. The molecule has 0 N–H and O–H groups in total. The van der Waals surface area contributed by atoms with Crippen LogP contribution in [0.5, 0.6) is 11.5 Å². The van der Waals surface area contributed by atoms with E-state index in [4.69, 9.17) is 14.5 Å².